The normalized spacial score (nSPS) is 18.3. The van der Waals surface area contributed by atoms with Gasteiger partial charge in [0.15, 0.2) is 0 Å². The summed E-state index contributed by atoms with van der Waals surface area (Å²) in [5.74, 6) is 0.916. The second kappa shape index (κ2) is 6.39. The van der Waals surface area contributed by atoms with Crippen molar-refractivity contribution in [1.82, 2.24) is 9.88 Å². The van der Waals surface area contributed by atoms with Gasteiger partial charge in [-0.05, 0) is 37.1 Å². The molecule has 0 aliphatic carbocycles. The van der Waals surface area contributed by atoms with E-state index in [1.54, 1.807) is 24.5 Å². The number of pyridine rings is 1. The topological polar surface area (TPSA) is 42.4 Å². The predicted octanol–water partition coefficient (Wildman–Crippen LogP) is 2.77. The summed E-state index contributed by atoms with van der Waals surface area (Å²) in [6, 6.07) is 13.3. The van der Waals surface area contributed by atoms with Crippen LogP contribution in [-0.4, -0.2) is 35.0 Å². The summed E-state index contributed by atoms with van der Waals surface area (Å²) < 4.78 is 5.97. The number of hydrogen-bond acceptors (Lipinski definition) is 3. The minimum absolute atomic E-state index is 0.0544. The molecule has 4 heteroatoms. The zero-order valence-corrected chi connectivity index (χ0v) is 11.8. The van der Waals surface area contributed by atoms with Gasteiger partial charge in [0.25, 0.3) is 5.91 Å². The third-order valence-corrected chi connectivity index (χ3v) is 3.64. The molecule has 1 atom stereocenters. The molecule has 4 nitrogen and oxygen atoms in total. The van der Waals surface area contributed by atoms with Gasteiger partial charge in [-0.15, -0.1) is 0 Å². The summed E-state index contributed by atoms with van der Waals surface area (Å²) in [5, 5.41) is 0. The first-order valence-corrected chi connectivity index (χ1v) is 7.24. The fourth-order valence-corrected chi connectivity index (χ4v) is 2.59. The maximum absolute atomic E-state index is 12.4. The van der Waals surface area contributed by atoms with Gasteiger partial charge in [-0.2, -0.15) is 0 Å². The minimum atomic E-state index is 0.0544. The molecule has 1 aliphatic rings. The van der Waals surface area contributed by atoms with Crippen LogP contribution < -0.4 is 4.74 Å². The van der Waals surface area contributed by atoms with Crippen molar-refractivity contribution in [2.24, 2.45) is 0 Å². The Bertz CT molecular complexity index is 586. The number of hydrogen-bond donors (Lipinski definition) is 0. The van der Waals surface area contributed by atoms with Crippen LogP contribution in [0.25, 0.3) is 0 Å². The molecule has 1 aromatic heterocycles. The van der Waals surface area contributed by atoms with Crippen molar-refractivity contribution in [3.63, 3.8) is 0 Å². The molecule has 0 radical (unpaired) electrons. The molecule has 108 valence electrons. The molecule has 1 amide bonds. The highest BCUT2D eigenvalue weighted by Gasteiger charge is 2.25. The standard InChI is InChI=1S/C17H18N2O2/c20-17(14-8-10-18-11-9-14)19-12-4-7-16(13-19)21-15-5-2-1-3-6-15/h1-3,5-6,8-11,16H,4,7,12-13H2. The lowest BCUT2D eigenvalue weighted by Crippen LogP contribution is -2.44. The Morgan fingerprint density at radius 1 is 1.14 bits per heavy atom. The van der Waals surface area contributed by atoms with E-state index < -0.39 is 0 Å². The third kappa shape index (κ3) is 3.40. The highest BCUT2D eigenvalue weighted by Crippen LogP contribution is 2.19. The Kier molecular flexibility index (Phi) is 4.15. The van der Waals surface area contributed by atoms with Crippen LogP contribution in [0.2, 0.25) is 0 Å². The number of benzene rings is 1. The summed E-state index contributed by atoms with van der Waals surface area (Å²) >= 11 is 0. The Hall–Kier alpha value is -2.36. The van der Waals surface area contributed by atoms with E-state index in [-0.39, 0.29) is 12.0 Å². The van der Waals surface area contributed by atoms with Crippen molar-refractivity contribution in [1.29, 1.82) is 0 Å². The van der Waals surface area contributed by atoms with Gasteiger partial charge in [-0.25, -0.2) is 0 Å². The number of rotatable bonds is 3. The molecule has 2 heterocycles. The number of carbonyl (C=O) groups is 1. The molecule has 1 fully saturated rings. The number of ether oxygens (including phenoxy) is 1. The summed E-state index contributed by atoms with van der Waals surface area (Å²) in [4.78, 5) is 18.3. The Morgan fingerprint density at radius 3 is 2.67 bits per heavy atom. The Labute approximate surface area is 124 Å². The monoisotopic (exact) mass is 282 g/mol. The van der Waals surface area contributed by atoms with E-state index in [1.807, 2.05) is 35.2 Å². The SMILES string of the molecule is O=C(c1ccncc1)N1CCCC(Oc2ccccc2)C1. The first-order chi connectivity index (χ1) is 10.3. The molecule has 0 saturated carbocycles. The van der Waals surface area contributed by atoms with Gasteiger partial charge in [0.1, 0.15) is 11.9 Å². The molecule has 21 heavy (non-hydrogen) atoms. The number of nitrogens with zero attached hydrogens (tertiary/aromatic N) is 2. The Morgan fingerprint density at radius 2 is 1.90 bits per heavy atom. The molecule has 0 N–H and O–H groups in total. The van der Waals surface area contributed by atoms with Gasteiger partial charge in [-0.1, -0.05) is 18.2 Å². The van der Waals surface area contributed by atoms with Crippen molar-refractivity contribution < 1.29 is 9.53 Å². The molecular formula is C17H18N2O2. The van der Waals surface area contributed by atoms with E-state index in [4.69, 9.17) is 4.74 Å². The lowest BCUT2D eigenvalue weighted by atomic mass is 10.1. The fraction of sp³-hybridized carbons (Fsp3) is 0.294. The zero-order chi connectivity index (χ0) is 14.5. The molecule has 0 spiro atoms. The molecule has 2 aromatic rings. The van der Waals surface area contributed by atoms with Crippen LogP contribution >= 0.6 is 0 Å². The van der Waals surface area contributed by atoms with E-state index in [9.17, 15) is 4.79 Å². The van der Waals surface area contributed by atoms with Gasteiger partial charge < -0.3 is 9.64 Å². The van der Waals surface area contributed by atoms with E-state index in [2.05, 4.69) is 4.98 Å². The second-order valence-electron chi connectivity index (χ2n) is 5.18. The highest BCUT2D eigenvalue weighted by atomic mass is 16.5. The average Bonchev–Trinajstić information content (AvgIpc) is 2.56. The van der Waals surface area contributed by atoms with Crippen molar-refractivity contribution in [2.45, 2.75) is 18.9 Å². The molecular weight excluding hydrogens is 264 g/mol. The van der Waals surface area contributed by atoms with Crippen LogP contribution in [0.5, 0.6) is 5.75 Å². The summed E-state index contributed by atoms with van der Waals surface area (Å²) in [6.07, 6.45) is 5.31. The quantitative estimate of drug-likeness (QED) is 0.869. The number of carbonyl (C=O) groups excluding carboxylic acids is 1. The van der Waals surface area contributed by atoms with Gasteiger partial charge >= 0.3 is 0 Å². The Balaban J connectivity index is 1.64. The third-order valence-electron chi connectivity index (χ3n) is 3.64. The van der Waals surface area contributed by atoms with Crippen LogP contribution in [0, 0.1) is 0 Å². The summed E-state index contributed by atoms with van der Waals surface area (Å²) in [7, 11) is 0. The van der Waals surface area contributed by atoms with Gasteiger partial charge in [0.05, 0.1) is 6.54 Å². The van der Waals surface area contributed by atoms with E-state index >= 15 is 0 Å². The maximum Gasteiger partial charge on any atom is 0.254 e. The number of likely N-dealkylation sites (tertiary alicyclic amines) is 1. The van der Waals surface area contributed by atoms with Crippen LogP contribution in [0.15, 0.2) is 54.9 Å². The maximum atomic E-state index is 12.4. The number of amides is 1. The predicted molar refractivity (Wildman–Crippen MR) is 80.2 cm³/mol. The molecule has 0 bridgehead atoms. The first kappa shape index (κ1) is 13.6. The molecule has 1 unspecified atom stereocenters. The average molecular weight is 282 g/mol. The fourth-order valence-electron chi connectivity index (χ4n) is 2.59. The molecule has 1 aliphatic heterocycles. The van der Waals surface area contributed by atoms with Crippen LogP contribution in [0.1, 0.15) is 23.2 Å². The molecule has 1 aromatic carbocycles. The van der Waals surface area contributed by atoms with Crippen molar-refractivity contribution in [3.8, 4) is 5.75 Å². The van der Waals surface area contributed by atoms with Crippen LogP contribution in [0.4, 0.5) is 0 Å². The number of para-hydroxylation sites is 1. The van der Waals surface area contributed by atoms with Crippen molar-refractivity contribution in [3.05, 3.63) is 60.4 Å². The van der Waals surface area contributed by atoms with E-state index in [0.717, 1.165) is 25.1 Å². The lowest BCUT2D eigenvalue weighted by Gasteiger charge is -2.33. The van der Waals surface area contributed by atoms with Crippen molar-refractivity contribution >= 4 is 5.91 Å². The zero-order valence-electron chi connectivity index (χ0n) is 11.8. The van der Waals surface area contributed by atoms with Gasteiger partial charge in [0.2, 0.25) is 0 Å². The summed E-state index contributed by atoms with van der Waals surface area (Å²) in [6.45, 7) is 1.42. The largest absolute Gasteiger partial charge is 0.489 e. The van der Waals surface area contributed by atoms with Gasteiger partial charge in [-0.3, -0.25) is 9.78 Å². The number of piperidine rings is 1. The van der Waals surface area contributed by atoms with E-state index in [0.29, 0.717) is 12.1 Å². The van der Waals surface area contributed by atoms with Gasteiger partial charge in [0, 0.05) is 24.5 Å². The summed E-state index contributed by atoms with van der Waals surface area (Å²) in [5.41, 5.74) is 0.686. The molecule has 3 rings (SSSR count). The lowest BCUT2D eigenvalue weighted by molar-refractivity contribution is 0.0538. The van der Waals surface area contributed by atoms with Crippen LogP contribution in [0.3, 0.4) is 0 Å². The molecule has 1 saturated heterocycles. The van der Waals surface area contributed by atoms with E-state index in [1.165, 1.54) is 0 Å². The highest BCUT2D eigenvalue weighted by molar-refractivity contribution is 5.94. The van der Waals surface area contributed by atoms with Crippen molar-refractivity contribution in [2.75, 3.05) is 13.1 Å². The minimum Gasteiger partial charge on any atom is -0.489 e. The smallest absolute Gasteiger partial charge is 0.254 e. The first-order valence-electron chi connectivity index (χ1n) is 7.24. The number of aromatic nitrogens is 1. The second-order valence-corrected chi connectivity index (χ2v) is 5.18. The van der Waals surface area contributed by atoms with Crippen LogP contribution in [-0.2, 0) is 0 Å².